The van der Waals surface area contributed by atoms with Gasteiger partial charge in [-0.1, -0.05) is 60.6 Å². The molecule has 4 aromatic rings. The molecule has 1 N–H and O–H groups in total. The molecule has 13 heteroatoms. The Morgan fingerprint density at radius 1 is 1.02 bits per heavy atom. The number of rotatable bonds is 6. The second kappa shape index (κ2) is 12.4. The summed E-state index contributed by atoms with van der Waals surface area (Å²) in [5.41, 5.74) is 5.02. The van der Waals surface area contributed by atoms with Gasteiger partial charge in [0.1, 0.15) is 12.1 Å². The summed E-state index contributed by atoms with van der Waals surface area (Å²) in [6.45, 7) is 3.87. The van der Waals surface area contributed by atoms with E-state index in [4.69, 9.17) is 0 Å². The van der Waals surface area contributed by atoms with Gasteiger partial charge in [0.15, 0.2) is 11.0 Å². The summed E-state index contributed by atoms with van der Waals surface area (Å²) >= 11 is 1.26. The van der Waals surface area contributed by atoms with E-state index < -0.39 is 12.4 Å². The third-order valence-corrected chi connectivity index (χ3v) is 8.80. The first-order valence-electron chi connectivity index (χ1n) is 14.3. The number of carbonyl (C=O) groups excluding carboxylic acids is 2. The molecular weight excluding hydrogens is 605 g/mol. The number of anilines is 1. The molecule has 3 aromatic carbocycles. The molecule has 2 heterocycles. The number of halogens is 3. The Bertz CT molecular complexity index is 1730. The number of nitrogens with one attached hydrogen (secondary N) is 1. The van der Waals surface area contributed by atoms with Crippen LogP contribution in [0.2, 0.25) is 0 Å². The lowest BCUT2D eigenvalue weighted by molar-refractivity contribution is -0.274. The molecule has 2 aliphatic rings. The monoisotopic (exact) mass is 634 g/mol. The van der Waals surface area contributed by atoms with Crippen molar-refractivity contribution in [3.05, 3.63) is 89.7 Å². The summed E-state index contributed by atoms with van der Waals surface area (Å²) in [6, 6.07) is 18.4. The molecule has 45 heavy (non-hydrogen) atoms. The molecular formula is C32H29F3N6O3S. The van der Waals surface area contributed by atoms with E-state index in [0.717, 1.165) is 47.2 Å². The van der Waals surface area contributed by atoms with E-state index in [1.54, 1.807) is 4.90 Å². The van der Waals surface area contributed by atoms with E-state index in [9.17, 15) is 22.8 Å². The van der Waals surface area contributed by atoms with Crippen molar-refractivity contribution >= 4 is 34.6 Å². The number of aromatic nitrogens is 3. The number of amides is 3. The van der Waals surface area contributed by atoms with Crippen molar-refractivity contribution in [2.75, 3.05) is 10.7 Å². The maximum atomic E-state index is 13.1. The molecule has 1 saturated carbocycles. The highest BCUT2D eigenvalue weighted by Crippen LogP contribution is 2.36. The zero-order chi connectivity index (χ0) is 31.7. The second-order valence-electron chi connectivity index (χ2n) is 10.9. The van der Waals surface area contributed by atoms with Crippen molar-refractivity contribution in [3.63, 3.8) is 0 Å². The predicted octanol–water partition coefficient (Wildman–Crippen LogP) is 6.93. The number of ether oxygens (including phenoxy) is 1. The number of para-hydroxylation sites is 1. The highest BCUT2D eigenvalue weighted by Gasteiger charge is 2.34. The van der Waals surface area contributed by atoms with Gasteiger partial charge < -0.3 is 10.1 Å². The lowest BCUT2D eigenvalue weighted by Gasteiger charge is -2.22. The van der Waals surface area contributed by atoms with Crippen LogP contribution in [-0.4, -0.2) is 50.0 Å². The lowest BCUT2D eigenvalue weighted by atomic mass is 9.93. The largest absolute Gasteiger partial charge is 0.573 e. The Kier molecular flexibility index (Phi) is 8.36. The van der Waals surface area contributed by atoms with E-state index in [0.29, 0.717) is 16.7 Å². The molecule has 3 amide bonds. The number of carbonyl (C=O) groups is 2. The van der Waals surface area contributed by atoms with E-state index in [2.05, 4.69) is 25.1 Å². The van der Waals surface area contributed by atoms with Crippen molar-refractivity contribution in [2.24, 2.45) is 4.99 Å². The molecule has 1 saturated heterocycles. The molecule has 9 nitrogen and oxygen atoms in total. The summed E-state index contributed by atoms with van der Waals surface area (Å²) in [5.74, 6) is 0.368. The Morgan fingerprint density at radius 2 is 1.73 bits per heavy atom. The van der Waals surface area contributed by atoms with E-state index in [1.807, 2.05) is 56.3 Å². The predicted molar refractivity (Wildman–Crippen MR) is 166 cm³/mol. The van der Waals surface area contributed by atoms with Gasteiger partial charge in [-0.25, -0.2) is 14.5 Å². The smallest absolute Gasteiger partial charge is 0.406 e. The van der Waals surface area contributed by atoms with E-state index in [-0.39, 0.29) is 29.4 Å². The first-order valence-corrected chi connectivity index (χ1v) is 15.3. The fraction of sp³-hybridized carbons (Fsp3) is 0.281. The summed E-state index contributed by atoms with van der Waals surface area (Å²) in [5, 5.41) is 7.93. The Balaban J connectivity index is 1.12. The topological polar surface area (TPSA) is 102 Å². The Morgan fingerprint density at radius 3 is 2.42 bits per heavy atom. The molecule has 2 atom stereocenters. The maximum Gasteiger partial charge on any atom is 0.573 e. The molecule has 2 fully saturated rings. The first-order chi connectivity index (χ1) is 21.6. The van der Waals surface area contributed by atoms with Crippen LogP contribution in [0, 0.1) is 13.8 Å². The van der Waals surface area contributed by atoms with Crippen LogP contribution in [0.4, 0.5) is 23.7 Å². The number of aryl methyl sites for hydroxylation is 2. The number of benzene rings is 3. The summed E-state index contributed by atoms with van der Waals surface area (Å²) in [6.07, 6.45) is -0.594. The quantitative estimate of drug-likeness (QED) is 0.247. The van der Waals surface area contributed by atoms with Gasteiger partial charge in [0.2, 0.25) is 5.91 Å². The lowest BCUT2D eigenvalue weighted by Crippen LogP contribution is -2.37. The molecule has 0 bridgehead atoms. The zero-order valence-electron chi connectivity index (χ0n) is 24.4. The normalized spacial score (nSPS) is 19.4. The summed E-state index contributed by atoms with van der Waals surface area (Å²) < 4.78 is 42.7. The molecule has 1 aromatic heterocycles. The van der Waals surface area contributed by atoms with Crippen molar-refractivity contribution in [2.45, 2.75) is 51.4 Å². The molecule has 0 spiro atoms. The molecule has 1 aliphatic heterocycles. The van der Waals surface area contributed by atoms with E-state index >= 15 is 0 Å². The van der Waals surface area contributed by atoms with Crippen molar-refractivity contribution in [3.8, 4) is 22.8 Å². The average Bonchev–Trinajstić information content (AvgIpc) is 3.74. The van der Waals surface area contributed by atoms with Crippen LogP contribution in [0.3, 0.4) is 0 Å². The van der Waals surface area contributed by atoms with Crippen LogP contribution < -0.4 is 15.0 Å². The molecule has 6 rings (SSSR count). The third kappa shape index (κ3) is 6.72. The number of thioether (sulfide) groups is 1. The van der Waals surface area contributed by atoms with Crippen molar-refractivity contribution < 1.29 is 27.5 Å². The molecule has 2 unspecified atom stereocenters. The van der Waals surface area contributed by atoms with Crippen LogP contribution in [0.15, 0.2) is 78.0 Å². The first kappa shape index (κ1) is 30.4. The number of aliphatic imine (C=N–C) groups is 1. The maximum absolute atomic E-state index is 13.1. The number of urea groups is 1. The number of amidine groups is 1. The van der Waals surface area contributed by atoms with Crippen molar-refractivity contribution in [1.82, 2.24) is 20.1 Å². The second-order valence-corrected chi connectivity index (χ2v) is 11.9. The Hall–Kier alpha value is -4.65. The van der Waals surface area contributed by atoms with E-state index in [1.165, 1.54) is 47.0 Å². The van der Waals surface area contributed by atoms with Gasteiger partial charge in [-0.05, 0) is 67.6 Å². The number of hydrogen-bond donors (Lipinski definition) is 1. The molecule has 232 valence electrons. The molecule has 0 radical (unpaired) electrons. The highest BCUT2D eigenvalue weighted by molar-refractivity contribution is 8.15. The number of hydrogen-bond acceptors (Lipinski definition) is 6. The van der Waals surface area contributed by atoms with Crippen LogP contribution in [0.1, 0.15) is 41.9 Å². The average molecular weight is 635 g/mol. The van der Waals surface area contributed by atoms with Gasteiger partial charge in [0.25, 0.3) is 0 Å². The van der Waals surface area contributed by atoms with Gasteiger partial charge in [-0.2, -0.15) is 4.99 Å². The fourth-order valence-electron chi connectivity index (χ4n) is 5.83. The van der Waals surface area contributed by atoms with Gasteiger partial charge in [0, 0.05) is 17.5 Å². The highest BCUT2D eigenvalue weighted by atomic mass is 32.2. The SMILES string of the molecule is Cc1cccc(C)c1N1C(=O)CSC1=NC(=O)NC1CCCC1c1ccc(-c2ncn(-c3ccc(OC(F)(F)F)cc3)n2)cc1. The van der Waals surface area contributed by atoms with Gasteiger partial charge in [-0.3, -0.25) is 9.69 Å². The minimum atomic E-state index is -4.76. The third-order valence-electron chi connectivity index (χ3n) is 7.87. The molecule has 1 aliphatic carbocycles. The number of alkyl halides is 3. The van der Waals surface area contributed by atoms with Crippen LogP contribution >= 0.6 is 11.8 Å². The van der Waals surface area contributed by atoms with Gasteiger partial charge in [0.05, 0.1) is 17.1 Å². The van der Waals surface area contributed by atoms with Gasteiger partial charge >= 0.3 is 12.4 Å². The summed E-state index contributed by atoms with van der Waals surface area (Å²) in [4.78, 5) is 36.1. The zero-order valence-corrected chi connectivity index (χ0v) is 25.2. The van der Waals surface area contributed by atoms with Crippen molar-refractivity contribution in [1.29, 1.82) is 0 Å². The minimum Gasteiger partial charge on any atom is -0.406 e. The van der Waals surface area contributed by atoms with Crippen LogP contribution in [0.25, 0.3) is 17.1 Å². The number of nitrogens with zero attached hydrogens (tertiary/aromatic N) is 5. The van der Waals surface area contributed by atoms with Gasteiger partial charge in [-0.15, -0.1) is 18.3 Å². The summed E-state index contributed by atoms with van der Waals surface area (Å²) in [7, 11) is 0. The van der Waals surface area contributed by atoms with Crippen LogP contribution in [-0.2, 0) is 4.79 Å². The Labute approximate surface area is 261 Å². The van der Waals surface area contributed by atoms with Crippen LogP contribution in [0.5, 0.6) is 5.75 Å². The minimum absolute atomic E-state index is 0.0960. The standard InChI is InChI=1S/C32H29F3N6O3S/c1-19-5-3-6-20(2)28(19)41-27(42)17-45-31(41)38-30(43)37-26-8-4-7-25(26)21-9-11-22(12-10-21)29-36-18-40(39-29)23-13-15-24(16-14-23)44-32(33,34)35/h3,5-6,9-16,18,25-26H,4,7-8,17H2,1-2H3,(H,37,43). The fourth-order valence-corrected chi connectivity index (χ4v) is 6.68.